The fraction of sp³-hybridized carbons (Fsp3) is 0.883. The first-order valence-electron chi connectivity index (χ1n) is 29.4. The highest BCUT2D eigenvalue weighted by Crippen LogP contribution is 2.17. The maximum absolute atomic E-state index is 12.6. The molecule has 0 aromatic rings. The number of unbranched alkanes of at least 4 members (excludes halogenated alkanes) is 39. The number of aliphatic hydroxyl groups excluding tert-OH is 4. The van der Waals surface area contributed by atoms with Crippen molar-refractivity contribution in [1.29, 1.82) is 0 Å². The van der Waals surface area contributed by atoms with E-state index < -0.39 is 36.9 Å². The number of nitrogens with one attached hydrogen (secondary N) is 1. The topological polar surface area (TPSA) is 110 Å². The van der Waals surface area contributed by atoms with Crippen LogP contribution in [0.15, 0.2) is 36.5 Å². The summed E-state index contributed by atoms with van der Waals surface area (Å²) >= 11 is 0. The third kappa shape index (κ3) is 47.6. The monoisotopic (exact) mass is 930 g/mol. The maximum atomic E-state index is 12.6. The van der Waals surface area contributed by atoms with Crippen molar-refractivity contribution in [2.24, 2.45) is 0 Å². The molecule has 1 amide bonds. The van der Waals surface area contributed by atoms with Crippen LogP contribution >= 0.6 is 0 Å². The number of allylic oxidation sites excluding steroid dienone is 6. The van der Waals surface area contributed by atoms with Crippen LogP contribution in [0.2, 0.25) is 0 Å². The van der Waals surface area contributed by atoms with E-state index in [1.807, 2.05) is 0 Å². The van der Waals surface area contributed by atoms with E-state index in [9.17, 15) is 25.2 Å². The van der Waals surface area contributed by atoms with E-state index in [4.69, 9.17) is 0 Å². The molecule has 0 aromatic heterocycles. The van der Waals surface area contributed by atoms with Gasteiger partial charge in [-0.1, -0.05) is 275 Å². The first kappa shape index (κ1) is 64.5. The van der Waals surface area contributed by atoms with Gasteiger partial charge in [0.15, 0.2) is 0 Å². The van der Waals surface area contributed by atoms with Crippen LogP contribution in [0.1, 0.15) is 309 Å². The molecule has 0 fully saturated rings. The van der Waals surface area contributed by atoms with Crippen LogP contribution in [0.5, 0.6) is 0 Å². The van der Waals surface area contributed by atoms with Crippen molar-refractivity contribution in [3.8, 4) is 0 Å². The van der Waals surface area contributed by atoms with Gasteiger partial charge in [0.25, 0.3) is 0 Å². The molecule has 0 saturated heterocycles. The minimum atomic E-state index is -1.29. The normalized spacial score (nSPS) is 14.0. The van der Waals surface area contributed by atoms with Gasteiger partial charge in [-0.25, -0.2) is 0 Å². The number of carbonyl (C=O) groups is 1. The summed E-state index contributed by atoms with van der Waals surface area (Å²) in [5, 5.41) is 44.0. The van der Waals surface area contributed by atoms with Crippen molar-refractivity contribution in [2.45, 2.75) is 334 Å². The Morgan fingerprint density at radius 1 is 0.379 bits per heavy atom. The van der Waals surface area contributed by atoms with Crippen molar-refractivity contribution >= 4 is 5.91 Å². The van der Waals surface area contributed by atoms with E-state index in [2.05, 4.69) is 55.6 Å². The molecular weight excluding hydrogens is 815 g/mol. The number of rotatable bonds is 54. The van der Waals surface area contributed by atoms with Gasteiger partial charge in [0.05, 0.1) is 18.8 Å². The van der Waals surface area contributed by atoms with E-state index in [1.54, 1.807) is 0 Å². The number of amides is 1. The Balaban J connectivity index is 3.66. The fourth-order valence-corrected chi connectivity index (χ4v) is 9.20. The second-order valence-corrected chi connectivity index (χ2v) is 20.3. The van der Waals surface area contributed by atoms with Gasteiger partial charge >= 0.3 is 0 Å². The van der Waals surface area contributed by atoms with Crippen LogP contribution in [0.25, 0.3) is 0 Å². The van der Waals surface area contributed by atoms with Crippen LogP contribution < -0.4 is 5.32 Å². The standard InChI is InChI=1S/C60H115NO5/c1-3-5-7-9-11-13-15-17-19-21-23-25-27-29-30-32-33-35-37-39-41-43-45-47-49-51-53-57(63)59(65)56(55-62)61-60(66)58(64)54-52-50-48-46-44-42-40-38-36-34-31-28-26-24-22-20-18-16-14-12-10-8-6-4-2/h24,26,31,34,45,47,56-59,62-65H,3-23,25,27-30,32-33,35-44,46,48-55H2,1-2H3,(H,61,66)/b26-24-,34-31-,47-45+. The van der Waals surface area contributed by atoms with Gasteiger partial charge in [-0.15, -0.1) is 0 Å². The lowest BCUT2D eigenvalue weighted by Gasteiger charge is -2.27. The highest BCUT2D eigenvalue weighted by Gasteiger charge is 2.28. The summed E-state index contributed by atoms with van der Waals surface area (Å²) in [6.07, 6.45) is 67.9. The molecule has 0 bridgehead atoms. The van der Waals surface area contributed by atoms with Crippen LogP contribution in [0.3, 0.4) is 0 Å². The summed E-state index contributed by atoms with van der Waals surface area (Å²) in [4.78, 5) is 12.6. The van der Waals surface area contributed by atoms with Crippen LogP contribution in [-0.2, 0) is 4.79 Å². The molecule has 0 rings (SSSR count). The van der Waals surface area contributed by atoms with Crippen LogP contribution in [0, 0.1) is 0 Å². The third-order valence-corrected chi connectivity index (χ3v) is 13.8. The largest absolute Gasteiger partial charge is 0.394 e. The lowest BCUT2D eigenvalue weighted by atomic mass is 10.00. The Morgan fingerprint density at radius 2 is 0.667 bits per heavy atom. The summed E-state index contributed by atoms with van der Waals surface area (Å²) in [5.41, 5.74) is 0. The number of hydrogen-bond acceptors (Lipinski definition) is 5. The molecule has 5 N–H and O–H groups in total. The molecule has 0 aliphatic rings. The summed E-state index contributed by atoms with van der Waals surface area (Å²) in [6, 6.07) is -1.01. The summed E-state index contributed by atoms with van der Waals surface area (Å²) < 4.78 is 0. The first-order chi connectivity index (χ1) is 32.5. The lowest BCUT2D eigenvalue weighted by molar-refractivity contribution is -0.132. The van der Waals surface area contributed by atoms with Crippen molar-refractivity contribution in [3.05, 3.63) is 36.5 Å². The zero-order valence-electron chi connectivity index (χ0n) is 44.2. The van der Waals surface area contributed by atoms with E-state index in [0.717, 1.165) is 51.4 Å². The second kappa shape index (κ2) is 54.5. The van der Waals surface area contributed by atoms with Gasteiger partial charge < -0.3 is 25.7 Å². The van der Waals surface area contributed by atoms with E-state index >= 15 is 0 Å². The predicted octanol–water partition coefficient (Wildman–Crippen LogP) is 17.2. The van der Waals surface area contributed by atoms with Gasteiger partial charge in [0.1, 0.15) is 12.2 Å². The molecule has 0 aromatic carbocycles. The molecule has 0 spiro atoms. The van der Waals surface area contributed by atoms with Crippen LogP contribution in [0.4, 0.5) is 0 Å². The fourth-order valence-electron chi connectivity index (χ4n) is 9.20. The molecule has 6 nitrogen and oxygen atoms in total. The summed E-state index contributed by atoms with van der Waals surface area (Å²) in [5.74, 6) is -0.595. The number of aliphatic hydroxyl groups is 4. The minimum Gasteiger partial charge on any atom is -0.394 e. The van der Waals surface area contributed by atoms with Gasteiger partial charge in [-0.2, -0.15) is 0 Å². The molecule has 0 aliphatic heterocycles. The molecule has 0 heterocycles. The average molecular weight is 931 g/mol. The highest BCUT2D eigenvalue weighted by atomic mass is 16.3. The van der Waals surface area contributed by atoms with Gasteiger partial charge in [-0.05, 0) is 70.6 Å². The SMILES string of the molecule is CCCCCCCCCCC/C=C\C/C=C\CCCCCCCCCCC(O)C(=O)NC(CO)C(O)C(O)CCC/C=C/CCCCCCCCCCCCCCCCCCCCCCC. The molecule has 0 radical (unpaired) electrons. The average Bonchev–Trinajstić information content (AvgIpc) is 3.32. The molecule has 4 atom stereocenters. The Bertz CT molecular complexity index is 1040. The number of carbonyl (C=O) groups excluding carboxylic acids is 1. The smallest absolute Gasteiger partial charge is 0.249 e. The maximum Gasteiger partial charge on any atom is 0.249 e. The Labute approximate surface area is 411 Å². The zero-order valence-corrected chi connectivity index (χ0v) is 44.2. The van der Waals surface area contributed by atoms with Gasteiger partial charge in [-0.3, -0.25) is 4.79 Å². The molecule has 66 heavy (non-hydrogen) atoms. The Kier molecular flexibility index (Phi) is 53.3. The van der Waals surface area contributed by atoms with Gasteiger partial charge in [0.2, 0.25) is 5.91 Å². The van der Waals surface area contributed by atoms with Crippen molar-refractivity contribution in [3.63, 3.8) is 0 Å². The van der Waals surface area contributed by atoms with E-state index in [1.165, 1.54) is 231 Å². The molecule has 0 saturated carbocycles. The Morgan fingerprint density at radius 3 is 1.00 bits per heavy atom. The summed E-state index contributed by atoms with van der Waals surface area (Å²) in [7, 11) is 0. The third-order valence-electron chi connectivity index (χ3n) is 13.8. The lowest BCUT2D eigenvalue weighted by Crippen LogP contribution is -2.53. The summed E-state index contributed by atoms with van der Waals surface area (Å²) in [6.45, 7) is 4.07. The van der Waals surface area contributed by atoms with Crippen LogP contribution in [-0.4, -0.2) is 57.3 Å². The molecular formula is C60H115NO5. The van der Waals surface area contributed by atoms with Crippen molar-refractivity contribution < 1.29 is 25.2 Å². The zero-order chi connectivity index (χ0) is 48.1. The highest BCUT2D eigenvalue weighted by molar-refractivity contribution is 5.80. The van der Waals surface area contributed by atoms with E-state index in [-0.39, 0.29) is 0 Å². The molecule has 390 valence electrons. The quantitative estimate of drug-likeness (QED) is 0.0308. The molecule has 0 aliphatic carbocycles. The van der Waals surface area contributed by atoms with Crippen molar-refractivity contribution in [2.75, 3.05) is 6.61 Å². The Hall–Kier alpha value is -1.47. The number of hydrogen-bond donors (Lipinski definition) is 5. The van der Waals surface area contributed by atoms with Gasteiger partial charge in [0, 0.05) is 0 Å². The molecule has 6 heteroatoms. The second-order valence-electron chi connectivity index (χ2n) is 20.3. The molecule has 4 unspecified atom stereocenters. The first-order valence-corrected chi connectivity index (χ1v) is 29.4. The minimum absolute atomic E-state index is 0.356. The predicted molar refractivity (Wildman–Crippen MR) is 288 cm³/mol. The van der Waals surface area contributed by atoms with E-state index in [0.29, 0.717) is 12.8 Å². The van der Waals surface area contributed by atoms with Crippen molar-refractivity contribution in [1.82, 2.24) is 5.32 Å².